The van der Waals surface area contributed by atoms with Crippen LogP contribution in [0.3, 0.4) is 0 Å². The second-order valence-corrected chi connectivity index (χ2v) is 4.92. The van der Waals surface area contributed by atoms with Crippen LogP contribution in [0.5, 0.6) is 0 Å². The lowest BCUT2D eigenvalue weighted by Gasteiger charge is -2.27. The van der Waals surface area contributed by atoms with E-state index in [1.807, 2.05) is 7.05 Å². The van der Waals surface area contributed by atoms with E-state index in [0.717, 1.165) is 6.54 Å². The Balaban J connectivity index is 2.13. The number of hydrogen-bond donors (Lipinski definition) is 1. The van der Waals surface area contributed by atoms with Gasteiger partial charge in [0.05, 0.1) is 0 Å². The van der Waals surface area contributed by atoms with Gasteiger partial charge in [-0.2, -0.15) is 0 Å². The van der Waals surface area contributed by atoms with Gasteiger partial charge < -0.3 is 10.2 Å². The fraction of sp³-hybridized carbons (Fsp3) is 0.294. The van der Waals surface area contributed by atoms with Gasteiger partial charge in [-0.25, -0.2) is 0 Å². The third kappa shape index (κ3) is 3.36. The standard InChI is InChI=1S/C17H22N2/c1-14-9-7-8-12-17(14)19(3)13-16(18-2)15-10-5-4-6-11-15/h4-12,16,18H,13H2,1-3H3. The maximum atomic E-state index is 3.40. The van der Waals surface area contributed by atoms with Gasteiger partial charge in [0.25, 0.3) is 0 Å². The molecule has 1 N–H and O–H groups in total. The van der Waals surface area contributed by atoms with Crippen LogP contribution >= 0.6 is 0 Å². The van der Waals surface area contributed by atoms with Gasteiger partial charge in [0.15, 0.2) is 0 Å². The number of aryl methyl sites for hydroxylation is 1. The van der Waals surface area contributed by atoms with E-state index in [-0.39, 0.29) is 0 Å². The van der Waals surface area contributed by atoms with Crippen molar-refractivity contribution >= 4 is 5.69 Å². The molecule has 1 unspecified atom stereocenters. The molecule has 1 atom stereocenters. The van der Waals surface area contributed by atoms with Gasteiger partial charge in [-0.3, -0.25) is 0 Å². The predicted octanol–water partition coefficient (Wildman–Crippen LogP) is 3.39. The molecule has 0 aliphatic heterocycles. The van der Waals surface area contributed by atoms with Crippen LogP contribution in [0.25, 0.3) is 0 Å². The van der Waals surface area contributed by atoms with E-state index in [1.165, 1.54) is 16.8 Å². The van der Waals surface area contributed by atoms with E-state index >= 15 is 0 Å². The normalized spacial score (nSPS) is 12.2. The smallest absolute Gasteiger partial charge is 0.0495 e. The van der Waals surface area contributed by atoms with Crippen molar-refractivity contribution in [2.24, 2.45) is 0 Å². The van der Waals surface area contributed by atoms with Gasteiger partial charge in [-0.1, -0.05) is 48.5 Å². The van der Waals surface area contributed by atoms with E-state index in [1.54, 1.807) is 0 Å². The zero-order valence-corrected chi connectivity index (χ0v) is 11.9. The molecule has 0 amide bonds. The van der Waals surface area contributed by atoms with E-state index in [4.69, 9.17) is 0 Å². The first kappa shape index (κ1) is 13.6. The van der Waals surface area contributed by atoms with Crippen LogP contribution in [0.4, 0.5) is 5.69 Å². The molecule has 2 rings (SSSR count). The minimum absolute atomic E-state index is 0.339. The molecule has 2 aromatic rings. The van der Waals surface area contributed by atoms with Crippen LogP contribution in [0, 0.1) is 6.92 Å². The number of benzene rings is 2. The summed E-state index contributed by atoms with van der Waals surface area (Å²) in [4.78, 5) is 2.31. The van der Waals surface area contributed by atoms with E-state index < -0.39 is 0 Å². The highest BCUT2D eigenvalue weighted by Crippen LogP contribution is 2.21. The summed E-state index contributed by atoms with van der Waals surface area (Å²) in [6, 6.07) is 19.4. The molecule has 100 valence electrons. The van der Waals surface area contributed by atoms with Crippen LogP contribution in [0.15, 0.2) is 54.6 Å². The molecule has 0 saturated heterocycles. The topological polar surface area (TPSA) is 15.3 Å². The molecule has 0 aromatic heterocycles. The number of likely N-dealkylation sites (N-methyl/N-ethyl adjacent to an activating group) is 2. The summed E-state index contributed by atoms with van der Waals surface area (Å²) in [5, 5.41) is 3.40. The van der Waals surface area contributed by atoms with Crippen molar-refractivity contribution in [2.75, 3.05) is 25.5 Å². The van der Waals surface area contributed by atoms with Crippen molar-refractivity contribution in [3.05, 3.63) is 65.7 Å². The van der Waals surface area contributed by atoms with E-state index in [9.17, 15) is 0 Å². The second-order valence-electron chi connectivity index (χ2n) is 4.92. The first-order valence-electron chi connectivity index (χ1n) is 6.71. The average molecular weight is 254 g/mol. The Morgan fingerprint density at radius 1 is 1.00 bits per heavy atom. The molecular weight excluding hydrogens is 232 g/mol. The molecular formula is C17H22N2. The maximum absolute atomic E-state index is 3.40. The predicted molar refractivity (Wildman–Crippen MR) is 82.7 cm³/mol. The lowest BCUT2D eigenvalue weighted by molar-refractivity contribution is 0.589. The molecule has 2 heteroatoms. The van der Waals surface area contributed by atoms with Crippen molar-refractivity contribution in [1.82, 2.24) is 5.32 Å². The number of hydrogen-bond acceptors (Lipinski definition) is 2. The molecule has 0 heterocycles. The molecule has 2 nitrogen and oxygen atoms in total. The van der Waals surface area contributed by atoms with Gasteiger partial charge in [-0.05, 0) is 31.2 Å². The largest absolute Gasteiger partial charge is 0.372 e. The summed E-state index contributed by atoms with van der Waals surface area (Å²) in [5.74, 6) is 0. The van der Waals surface area contributed by atoms with Crippen molar-refractivity contribution < 1.29 is 0 Å². The molecule has 0 bridgehead atoms. The fourth-order valence-electron chi connectivity index (χ4n) is 2.41. The highest BCUT2D eigenvalue weighted by atomic mass is 15.1. The summed E-state index contributed by atoms with van der Waals surface area (Å²) in [6.45, 7) is 3.11. The molecule has 19 heavy (non-hydrogen) atoms. The van der Waals surface area contributed by atoms with Crippen LogP contribution < -0.4 is 10.2 Å². The number of nitrogens with zero attached hydrogens (tertiary/aromatic N) is 1. The molecule has 0 fully saturated rings. The minimum atomic E-state index is 0.339. The summed E-state index contributed by atoms with van der Waals surface area (Å²) >= 11 is 0. The monoisotopic (exact) mass is 254 g/mol. The Hall–Kier alpha value is -1.80. The highest BCUT2D eigenvalue weighted by Gasteiger charge is 2.12. The molecule has 0 saturated carbocycles. The number of anilines is 1. The summed E-state index contributed by atoms with van der Waals surface area (Å²) < 4.78 is 0. The van der Waals surface area contributed by atoms with Gasteiger partial charge >= 0.3 is 0 Å². The Morgan fingerprint density at radius 2 is 1.63 bits per heavy atom. The summed E-state index contributed by atoms with van der Waals surface area (Å²) in [6.07, 6.45) is 0. The van der Waals surface area contributed by atoms with Gasteiger partial charge in [0, 0.05) is 25.3 Å². The van der Waals surface area contributed by atoms with E-state index in [0.29, 0.717) is 6.04 Å². The Morgan fingerprint density at radius 3 is 2.26 bits per heavy atom. The summed E-state index contributed by atoms with van der Waals surface area (Å²) in [5.41, 5.74) is 3.93. The average Bonchev–Trinajstić information content (AvgIpc) is 2.46. The molecule has 0 aliphatic carbocycles. The van der Waals surface area contributed by atoms with Gasteiger partial charge in [-0.15, -0.1) is 0 Å². The molecule has 2 aromatic carbocycles. The van der Waals surface area contributed by atoms with Crippen molar-refractivity contribution in [3.8, 4) is 0 Å². The summed E-state index contributed by atoms with van der Waals surface area (Å²) in [7, 11) is 4.17. The Labute approximate surface area is 116 Å². The first-order chi connectivity index (χ1) is 9.22. The highest BCUT2D eigenvalue weighted by molar-refractivity contribution is 5.52. The number of nitrogens with one attached hydrogen (secondary N) is 1. The maximum Gasteiger partial charge on any atom is 0.0495 e. The molecule has 0 radical (unpaired) electrons. The van der Waals surface area contributed by atoms with Crippen molar-refractivity contribution in [2.45, 2.75) is 13.0 Å². The zero-order chi connectivity index (χ0) is 13.7. The van der Waals surface area contributed by atoms with Crippen LogP contribution in [-0.4, -0.2) is 20.6 Å². The Bertz CT molecular complexity index is 508. The lowest BCUT2D eigenvalue weighted by Crippen LogP contribution is -2.31. The Kier molecular flexibility index (Phi) is 4.58. The SMILES string of the molecule is CNC(CN(C)c1ccccc1C)c1ccccc1. The van der Waals surface area contributed by atoms with Gasteiger partial charge in [0.2, 0.25) is 0 Å². The first-order valence-corrected chi connectivity index (χ1v) is 6.71. The van der Waals surface area contributed by atoms with Crippen LogP contribution in [0.2, 0.25) is 0 Å². The lowest BCUT2D eigenvalue weighted by atomic mass is 10.1. The second kappa shape index (κ2) is 6.39. The quantitative estimate of drug-likeness (QED) is 0.880. The third-order valence-corrected chi connectivity index (χ3v) is 3.53. The molecule has 0 spiro atoms. The number of para-hydroxylation sites is 1. The zero-order valence-electron chi connectivity index (χ0n) is 11.9. The number of rotatable bonds is 5. The van der Waals surface area contributed by atoms with E-state index in [2.05, 4.69) is 78.8 Å². The third-order valence-electron chi connectivity index (χ3n) is 3.53. The molecule has 0 aliphatic rings. The van der Waals surface area contributed by atoms with Gasteiger partial charge in [0.1, 0.15) is 0 Å². The van der Waals surface area contributed by atoms with Crippen molar-refractivity contribution in [1.29, 1.82) is 0 Å². The van der Waals surface area contributed by atoms with Crippen molar-refractivity contribution in [3.63, 3.8) is 0 Å². The minimum Gasteiger partial charge on any atom is -0.372 e. The van der Waals surface area contributed by atoms with Crippen LogP contribution in [-0.2, 0) is 0 Å². The van der Waals surface area contributed by atoms with Crippen LogP contribution in [0.1, 0.15) is 17.2 Å². The fourth-order valence-corrected chi connectivity index (χ4v) is 2.41.